The minimum absolute atomic E-state index is 0.0836. The molecule has 0 bridgehead atoms. The van der Waals surface area contributed by atoms with Gasteiger partial charge in [-0.1, -0.05) is 13.8 Å². The van der Waals surface area contributed by atoms with E-state index in [4.69, 9.17) is 14.2 Å². The van der Waals surface area contributed by atoms with E-state index in [-0.39, 0.29) is 12.8 Å². The lowest BCUT2D eigenvalue weighted by molar-refractivity contribution is -0.233. The minimum Gasteiger partial charge on any atom is -0.457 e. The van der Waals surface area contributed by atoms with Crippen molar-refractivity contribution in [1.29, 1.82) is 0 Å². The number of carbonyl (C=O) groups excluding carboxylic acids is 2. The lowest BCUT2D eigenvalue weighted by Gasteiger charge is -2.39. The van der Waals surface area contributed by atoms with Gasteiger partial charge in [-0.05, 0) is 12.8 Å². The molecule has 8 atom stereocenters. The summed E-state index contributed by atoms with van der Waals surface area (Å²) in [6, 6.07) is 0. The van der Waals surface area contributed by atoms with E-state index >= 15 is 0 Å². The Hall–Kier alpha value is -1.42. The summed E-state index contributed by atoms with van der Waals surface area (Å²) in [4.78, 5) is 24.0. The summed E-state index contributed by atoms with van der Waals surface area (Å²) < 4.78 is 15.8. The van der Waals surface area contributed by atoms with Crippen molar-refractivity contribution in [2.45, 2.75) is 88.4 Å². The second-order valence-electron chi connectivity index (χ2n) is 7.47. The molecule has 0 amide bonds. The van der Waals surface area contributed by atoms with Crippen LogP contribution in [0.1, 0.15) is 39.5 Å². The van der Waals surface area contributed by atoms with Gasteiger partial charge in [0, 0.05) is 12.8 Å². The second kappa shape index (κ2) is 17.1. The van der Waals surface area contributed by atoms with Gasteiger partial charge >= 0.3 is 11.9 Å². The fraction of sp³-hybridized carbons (Fsp3) is 0.900. The molecule has 0 aliphatic rings. The molecule has 0 saturated heterocycles. The molecule has 0 radical (unpaired) electrons. The standard InChI is InChI=1S/C20H38O13/c1-3-5-15(29)31-17(11(25)7-21)19(13(27)9-23)33-20(14(28)10-24)18(12(26)8-22)32-16(30)6-4-2/h11-14,17-28H,3-10H2,1-2H3. The summed E-state index contributed by atoms with van der Waals surface area (Å²) in [5.41, 5.74) is 0. The normalized spacial score (nSPS) is 19.0. The SMILES string of the molecule is CCCC(=O)OC(C(O)CO)C(OC(C(O)CO)C(OC(=O)CCC)C(O)CO)C(O)CO. The zero-order valence-electron chi connectivity index (χ0n) is 18.9. The highest BCUT2D eigenvalue weighted by Crippen LogP contribution is 2.23. The fourth-order valence-electron chi connectivity index (χ4n) is 2.93. The molecule has 33 heavy (non-hydrogen) atoms. The van der Waals surface area contributed by atoms with Gasteiger partial charge in [-0.15, -0.1) is 0 Å². The molecule has 0 aliphatic carbocycles. The van der Waals surface area contributed by atoms with Crippen LogP contribution in [0.25, 0.3) is 0 Å². The number of ether oxygens (including phenoxy) is 3. The molecular formula is C20H38O13. The number of hydrogen-bond donors (Lipinski definition) is 8. The number of aliphatic hydroxyl groups is 8. The van der Waals surface area contributed by atoms with Crippen LogP contribution in [-0.2, 0) is 23.8 Å². The van der Waals surface area contributed by atoms with Crippen LogP contribution >= 0.6 is 0 Å². The predicted octanol–water partition coefficient (Wildman–Crippen LogP) is -3.42. The molecule has 0 fully saturated rings. The molecule has 0 aromatic carbocycles. The molecule has 0 rings (SSSR count). The van der Waals surface area contributed by atoms with E-state index in [1.165, 1.54) is 0 Å². The first-order chi connectivity index (χ1) is 15.6. The molecule has 0 heterocycles. The van der Waals surface area contributed by atoms with Gasteiger partial charge in [0.1, 0.15) is 36.6 Å². The van der Waals surface area contributed by atoms with E-state index in [0.717, 1.165) is 0 Å². The van der Waals surface area contributed by atoms with Crippen LogP contribution in [0.5, 0.6) is 0 Å². The van der Waals surface area contributed by atoms with Crippen LogP contribution in [0, 0.1) is 0 Å². The van der Waals surface area contributed by atoms with Gasteiger partial charge in [0.05, 0.1) is 26.4 Å². The van der Waals surface area contributed by atoms with Crippen LogP contribution in [0.15, 0.2) is 0 Å². The summed E-state index contributed by atoms with van der Waals surface area (Å²) in [5, 5.41) is 78.7. The number of rotatable bonds is 18. The monoisotopic (exact) mass is 486 g/mol. The smallest absolute Gasteiger partial charge is 0.306 e. The first-order valence-electron chi connectivity index (χ1n) is 10.8. The topological polar surface area (TPSA) is 224 Å². The Balaban J connectivity index is 6.21. The maximum absolute atomic E-state index is 12.0. The van der Waals surface area contributed by atoms with E-state index < -0.39 is 87.2 Å². The van der Waals surface area contributed by atoms with Gasteiger partial charge in [-0.25, -0.2) is 0 Å². The highest BCUT2D eigenvalue weighted by atomic mass is 16.6. The maximum atomic E-state index is 12.0. The van der Waals surface area contributed by atoms with Gasteiger partial charge in [0.15, 0.2) is 12.2 Å². The van der Waals surface area contributed by atoms with E-state index in [1.54, 1.807) is 13.8 Å². The van der Waals surface area contributed by atoms with Crippen LogP contribution in [0.2, 0.25) is 0 Å². The Morgan fingerprint density at radius 1 is 0.576 bits per heavy atom. The number of carbonyl (C=O) groups is 2. The number of hydrogen-bond acceptors (Lipinski definition) is 13. The van der Waals surface area contributed by atoms with Crippen LogP contribution in [0.3, 0.4) is 0 Å². The zero-order valence-corrected chi connectivity index (χ0v) is 18.9. The van der Waals surface area contributed by atoms with E-state index in [2.05, 4.69) is 0 Å². The summed E-state index contributed by atoms with van der Waals surface area (Å²) in [5.74, 6) is -1.65. The average molecular weight is 487 g/mol. The first kappa shape index (κ1) is 31.6. The van der Waals surface area contributed by atoms with Crippen molar-refractivity contribution >= 4 is 11.9 Å². The molecule has 0 spiro atoms. The quantitative estimate of drug-likeness (QED) is 0.0885. The summed E-state index contributed by atoms with van der Waals surface area (Å²) >= 11 is 0. The molecule has 8 unspecified atom stereocenters. The molecule has 13 heteroatoms. The number of esters is 2. The van der Waals surface area contributed by atoms with Crippen molar-refractivity contribution in [2.24, 2.45) is 0 Å². The van der Waals surface area contributed by atoms with Crippen LogP contribution < -0.4 is 0 Å². The van der Waals surface area contributed by atoms with Crippen LogP contribution in [0.4, 0.5) is 0 Å². The van der Waals surface area contributed by atoms with Crippen molar-refractivity contribution in [2.75, 3.05) is 26.4 Å². The third kappa shape index (κ3) is 10.6. The lowest BCUT2D eigenvalue weighted by atomic mass is 9.99. The molecule has 13 nitrogen and oxygen atoms in total. The third-order valence-corrected chi connectivity index (χ3v) is 4.67. The fourth-order valence-corrected chi connectivity index (χ4v) is 2.93. The second-order valence-corrected chi connectivity index (χ2v) is 7.47. The first-order valence-corrected chi connectivity index (χ1v) is 10.8. The van der Waals surface area contributed by atoms with Gasteiger partial charge < -0.3 is 55.1 Å². The molecular weight excluding hydrogens is 448 g/mol. The van der Waals surface area contributed by atoms with E-state index in [9.17, 15) is 50.4 Å². The Morgan fingerprint density at radius 2 is 0.848 bits per heavy atom. The van der Waals surface area contributed by atoms with E-state index in [1.807, 2.05) is 0 Å². The molecule has 0 saturated carbocycles. The average Bonchev–Trinajstić information content (AvgIpc) is 2.80. The minimum atomic E-state index is -1.85. The van der Waals surface area contributed by atoms with Crippen molar-refractivity contribution in [3.05, 3.63) is 0 Å². The van der Waals surface area contributed by atoms with E-state index in [0.29, 0.717) is 12.8 Å². The van der Waals surface area contributed by atoms with Crippen molar-refractivity contribution in [1.82, 2.24) is 0 Å². The molecule has 0 aliphatic heterocycles. The highest BCUT2D eigenvalue weighted by Gasteiger charge is 2.44. The highest BCUT2D eigenvalue weighted by molar-refractivity contribution is 5.70. The van der Waals surface area contributed by atoms with Crippen molar-refractivity contribution in [3.8, 4) is 0 Å². The van der Waals surface area contributed by atoms with Gasteiger partial charge in [-0.3, -0.25) is 9.59 Å². The molecule has 196 valence electrons. The lowest BCUT2D eigenvalue weighted by Crippen LogP contribution is -2.58. The van der Waals surface area contributed by atoms with Gasteiger partial charge in [-0.2, -0.15) is 0 Å². The Labute approximate surface area is 192 Å². The largest absolute Gasteiger partial charge is 0.457 e. The Bertz CT molecular complexity index is 500. The predicted molar refractivity (Wildman–Crippen MR) is 111 cm³/mol. The van der Waals surface area contributed by atoms with Crippen LogP contribution in [-0.4, -0.2) is 128 Å². The van der Waals surface area contributed by atoms with Gasteiger partial charge in [0.25, 0.3) is 0 Å². The number of aliphatic hydroxyl groups excluding tert-OH is 8. The maximum Gasteiger partial charge on any atom is 0.306 e. The summed E-state index contributed by atoms with van der Waals surface area (Å²) in [6.07, 6.45) is -13.9. The Morgan fingerprint density at radius 3 is 1.09 bits per heavy atom. The Kier molecular flexibility index (Phi) is 16.3. The van der Waals surface area contributed by atoms with Crippen molar-refractivity contribution in [3.63, 3.8) is 0 Å². The van der Waals surface area contributed by atoms with Gasteiger partial charge in [0.2, 0.25) is 0 Å². The molecule has 0 aromatic rings. The summed E-state index contributed by atoms with van der Waals surface area (Å²) in [7, 11) is 0. The molecule has 8 N–H and O–H groups in total. The zero-order chi connectivity index (χ0) is 25.6. The summed E-state index contributed by atoms with van der Waals surface area (Å²) in [6.45, 7) is -0.485. The van der Waals surface area contributed by atoms with Crippen molar-refractivity contribution < 1.29 is 64.7 Å². The molecule has 0 aromatic heterocycles. The third-order valence-electron chi connectivity index (χ3n) is 4.67.